The summed E-state index contributed by atoms with van der Waals surface area (Å²) in [7, 11) is 0. The smallest absolute Gasteiger partial charge is 0.335 e. The van der Waals surface area contributed by atoms with Crippen LogP contribution in [-0.4, -0.2) is 115 Å². The molecule has 3 aromatic heterocycles. The van der Waals surface area contributed by atoms with Crippen LogP contribution < -0.4 is 31.7 Å². The van der Waals surface area contributed by atoms with Gasteiger partial charge in [-0.1, -0.05) is 18.2 Å². The fourth-order valence-electron chi connectivity index (χ4n) is 8.74. The van der Waals surface area contributed by atoms with Crippen molar-refractivity contribution in [2.24, 2.45) is 0 Å². The number of nitrogens with zero attached hydrogens (tertiary/aromatic N) is 8. The number of carbonyl (C=O) groups excluding carboxylic acids is 3. The molecule has 4 aliphatic rings. The van der Waals surface area contributed by atoms with E-state index in [0.29, 0.717) is 29.8 Å². The first-order valence-electron chi connectivity index (χ1n) is 19.8. The number of imidazole rings is 1. The van der Waals surface area contributed by atoms with Gasteiger partial charge in [0.05, 0.1) is 24.1 Å². The molecule has 9 rings (SSSR count). The first-order valence-corrected chi connectivity index (χ1v) is 19.8. The Balaban J connectivity index is 0.803. The molecule has 2 aromatic carbocycles. The van der Waals surface area contributed by atoms with Crippen LogP contribution in [0.4, 0.5) is 20.3 Å². The van der Waals surface area contributed by atoms with Gasteiger partial charge in [0.15, 0.2) is 11.5 Å². The zero-order valence-electron chi connectivity index (χ0n) is 32.0. The molecular formula is C41H43F2N11O5. The highest BCUT2D eigenvalue weighted by atomic mass is 19.3. The molecule has 2 atom stereocenters. The van der Waals surface area contributed by atoms with E-state index in [1.54, 1.807) is 36.5 Å². The van der Waals surface area contributed by atoms with E-state index in [4.69, 9.17) is 10.5 Å². The summed E-state index contributed by atoms with van der Waals surface area (Å²) in [6.45, 7) is 3.05. The van der Waals surface area contributed by atoms with E-state index in [1.165, 1.54) is 10.9 Å². The van der Waals surface area contributed by atoms with Crippen LogP contribution in [-0.2, 0) is 9.59 Å². The molecule has 16 nitrogen and oxygen atoms in total. The van der Waals surface area contributed by atoms with Crippen molar-refractivity contribution in [1.29, 1.82) is 0 Å². The maximum absolute atomic E-state index is 16.3. The van der Waals surface area contributed by atoms with Crippen LogP contribution in [0.1, 0.15) is 48.6 Å². The Kier molecular flexibility index (Phi) is 10.0. The van der Waals surface area contributed by atoms with Gasteiger partial charge in [-0.15, -0.1) is 0 Å². The average molecular weight is 808 g/mol. The third-order valence-electron chi connectivity index (χ3n) is 11.9. The second-order valence-corrected chi connectivity index (χ2v) is 15.6. The minimum atomic E-state index is -3.23. The number of ether oxygens (including phenoxy) is 1. The van der Waals surface area contributed by atoms with Crippen LogP contribution in [0.15, 0.2) is 84.0 Å². The number of imide groups is 1. The number of nitrogen functional groups attached to an aromatic ring is 1. The van der Waals surface area contributed by atoms with Crippen LogP contribution >= 0.6 is 0 Å². The third kappa shape index (κ3) is 7.49. The molecule has 59 heavy (non-hydrogen) atoms. The molecule has 3 amide bonds. The van der Waals surface area contributed by atoms with Crippen LogP contribution in [0.25, 0.3) is 16.9 Å². The van der Waals surface area contributed by atoms with Crippen molar-refractivity contribution in [2.45, 2.75) is 62.2 Å². The molecule has 7 heterocycles. The molecule has 4 N–H and O–H groups in total. The molecule has 4 saturated heterocycles. The monoisotopic (exact) mass is 807 g/mol. The summed E-state index contributed by atoms with van der Waals surface area (Å²) in [5.41, 5.74) is 7.33. The average Bonchev–Trinajstić information content (AvgIpc) is 3.51. The fraction of sp³-hybridized carbons (Fsp3) is 0.390. The standard InChI is InChI=1S/C41H43F2N11O5/c42-41(43)23-51(25-14-17-50(18-15-25)28-21-52(22-28)27-8-11-31(45-20-27)38(56)48-32-12-13-34(55)49-39(32)57)19-16-33(41)54-37-35(36(44)46-24-47-37)53(40(54)58)26-6-9-30(10-7-26)59-29-4-2-1-3-5-29/h1-11,20,24-25,28,32-33H,12-19,21-23H2,(H,48,56)(H2,44,46,47)(H,49,55,57)/t32-,33+/m0/s1. The van der Waals surface area contributed by atoms with E-state index < -0.39 is 42.1 Å². The van der Waals surface area contributed by atoms with Gasteiger partial charge in [0.2, 0.25) is 11.8 Å². The Morgan fingerprint density at radius 1 is 0.831 bits per heavy atom. The molecule has 0 aliphatic carbocycles. The summed E-state index contributed by atoms with van der Waals surface area (Å²) in [6, 6.07) is 17.6. The maximum Gasteiger partial charge on any atom is 0.335 e. The van der Waals surface area contributed by atoms with E-state index in [9.17, 15) is 19.2 Å². The molecular weight excluding hydrogens is 765 g/mol. The number of halogens is 2. The van der Waals surface area contributed by atoms with Crippen LogP contribution in [0.3, 0.4) is 0 Å². The van der Waals surface area contributed by atoms with Gasteiger partial charge in [0.25, 0.3) is 11.8 Å². The lowest BCUT2D eigenvalue weighted by Gasteiger charge is -2.50. The number of nitrogens with one attached hydrogen (secondary N) is 2. The van der Waals surface area contributed by atoms with E-state index >= 15 is 8.78 Å². The van der Waals surface area contributed by atoms with Gasteiger partial charge in [-0.2, -0.15) is 0 Å². The fourth-order valence-corrected chi connectivity index (χ4v) is 8.74. The number of hydrogen-bond donors (Lipinski definition) is 3. The van der Waals surface area contributed by atoms with Crippen molar-refractivity contribution in [3.8, 4) is 17.2 Å². The van der Waals surface area contributed by atoms with Crippen molar-refractivity contribution in [1.82, 2.24) is 44.5 Å². The number of anilines is 2. The van der Waals surface area contributed by atoms with Crippen molar-refractivity contribution in [2.75, 3.05) is 49.9 Å². The highest BCUT2D eigenvalue weighted by Gasteiger charge is 2.49. The Labute approximate surface area is 337 Å². The van der Waals surface area contributed by atoms with E-state index in [0.717, 1.165) is 49.3 Å². The summed E-state index contributed by atoms with van der Waals surface area (Å²) in [4.78, 5) is 69.4. The van der Waals surface area contributed by atoms with Crippen molar-refractivity contribution >= 4 is 40.4 Å². The summed E-state index contributed by atoms with van der Waals surface area (Å²) in [5, 5.41) is 4.87. The second kappa shape index (κ2) is 15.5. The molecule has 0 radical (unpaired) electrons. The quantitative estimate of drug-likeness (QED) is 0.185. The first kappa shape index (κ1) is 38.3. The van der Waals surface area contributed by atoms with Crippen LogP contribution in [0.2, 0.25) is 0 Å². The second-order valence-electron chi connectivity index (χ2n) is 15.6. The summed E-state index contributed by atoms with van der Waals surface area (Å²) in [6.07, 6.45) is 4.81. The molecule has 0 bridgehead atoms. The van der Waals surface area contributed by atoms with Gasteiger partial charge in [-0.25, -0.2) is 28.5 Å². The lowest BCUT2D eigenvalue weighted by Crippen LogP contribution is -2.62. The van der Waals surface area contributed by atoms with Crippen molar-refractivity contribution < 1.29 is 27.9 Å². The Morgan fingerprint density at radius 2 is 1.54 bits per heavy atom. The molecule has 4 aliphatic heterocycles. The zero-order valence-corrected chi connectivity index (χ0v) is 32.0. The summed E-state index contributed by atoms with van der Waals surface area (Å²) >= 11 is 0. The molecule has 4 fully saturated rings. The minimum absolute atomic E-state index is 0.00929. The molecule has 18 heteroatoms. The number of piperidine rings is 3. The Hall–Kier alpha value is -6.27. The number of benzene rings is 2. The van der Waals surface area contributed by atoms with Gasteiger partial charge in [0.1, 0.15) is 41.1 Å². The van der Waals surface area contributed by atoms with E-state index in [2.05, 4.69) is 35.4 Å². The third-order valence-corrected chi connectivity index (χ3v) is 11.9. The van der Waals surface area contributed by atoms with Gasteiger partial charge in [0, 0.05) is 51.2 Å². The number of aromatic nitrogens is 5. The number of para-hydroxylation sites is 1. The number of rotatable bonds is 9. The lowest BCUT2D eigenvalue weighted by molar-refractivity contribution is -0.134. The number of amides is 3. The van der Waals surface area contributed by atoms with Gasteiger partial charge in [-0.3, -0.25) is 38.6 Å². The summed E-state index contributed by atoms with van der Waals surface area (Å²) in [5.74, 6) is -3.37. The summed E-state index contributed by atoms with van der Waals surface area (Å²) < 4.78 is 41.0. The Bertz CT molecular complexity index is 2430. The normalized spacial score (nSPS) is 21.9. The number of alkyl halides is 2. The van der Waals surface area contributed by atoms with E-state index in [-0.39, 0.29) is 53.9 Å². The SMILES string of the molecule is Nc1ncnc2c1n(-c1ccc(Oc3ccccc3)cc1)c(=O)n2[C@@H]1CCN(C2CCN(C3CN(c4ccc(C(=O)N[C@H]5CCC(=O)NC5=O)nc4)C3)CC2)CC1(F)F. The zero-order chi connectivity index (χ0) is 40.8. The van der Waals surface area contributed by atoms with Gasteiger partial charge in [-0.05, 0) is 74.2 Å². The number of fused-ring (bicyclic) bond motifs is 1. The molecule has 306 valence electrons. The highest BCUT2D eigenvalue weighted by Crippen LogP contribution is 2.40. The lowest BCUT2D eigenvalue weighted by atomic mass is 9.94. The largest absolute Gasteiger partial charge is 0.457 e. The molecule has 0 unspecified atom stereocenters. The van der Waals surface area contributed by atoms with Crippen LogP contribution in [0, 0.1) is 0 Å². The number of nitrogens with two attached hydrogens (primary N) is 1. The molecule has 0 saturated carbocycles. The first-order chi connectivity index (χ1) is 28.5. The van der Waals surface area contributed by atoms with Gasteiger partial charge >= 0.3 is 5.69 Å². The minimum Gasteiger partial charge on any atom is -0.457 e. The predicted molar refractivity (Wildman–Crippen MR) is 213 cm³/mol. The highest BCUT2D eigenvalue weighted by molar-refractivity contribution is 6.03. The predicted octanol–water partition coefficient (Wildman–Crippen LogP) is 3.12. The number of hydrogen-bond acceptors (Lipinski definition) is 12. The number of pyridine rings is 1. The van der Waals surface area contributed by atoms with Crippen LogP contribution in [0.5, 0.6) is 11.5 Å². The maximum atomic E-state index is 16.3. The van der Waals surface area contributed by atoms with Gasteiger partial charge < -0.3 is 20.7 Å². The molecule has 5 aromatic rings. The molecule has 0 spiro atoms. The number of likely N-dealkylation sites (tertiary alicyclic amines) is 2. The van der Waals surface area contributed by atoms with E-state index in [1.807, 2.05) is 41.3 Å². The Morgan fingerprint density at radius 3 is 2.24 bits per heavy atom. The van der Waals surface area contributed by atoms with Crippen molar-refractivity contribution in [3.63, 3.8) is 0 Å². The topological polar surface area (TPSA) is 186 Å². The number of carbonyl (C=O) groups is 3. The van der Waals surface area contributed by atoms with Crippen molar-refractivity contribution in [3.05, 3.63) is 95.4 Å².